The van der Waals surface area contributed by atoms with E-state index in [-0.39, 0.29) is 5.54 Å². The third kappa shape index (κ3) is 4.53. The van der Waals surface area contributed by atoms with E-state index in [0.717, 1.165) is 19.4 Å². The first-order valence-corrected chi connectivity index (χ1v) is 9.79. The van der Waals surface area contributed by atoms with E-state index < -0.39 is 0 Å². The zero-order chi connectivity index (χ0) is 18.6. The van der Waals surface area contributed by atoms with Gasteiger partial charge in [-0.25, -0.2) is 0 Å². The maximum atomic E-state index is 3.70. The Morgan fingerprint density at radius 2 is 1.46 bits per heavy atom. The van der Waals surface area contributed by atoms with Gasteiger partial charge in [0, 0.05) is 12.1 Å². The Bertz CT molecular complexity index is 856. The van der Waals surface area contributed by atoms with Crippen LogP contribution in [0.25, 0.3) is 10.8 Å². The highest BCUT2D eigenvalue weighted by atomic mass is 14.9. The van der Waals surface area contributed by atoms with Crippen LogP contribution in [0.5, 0.6) is 0 Å². The van der Waals surface area contributed by atoms with Crippen molar-refractivity contribution in [3.05, 3.63) is 82.9 Å². The minimum absolute atomic E-state index is 0.118. The first-order chi connectivity index (χ1) is 12.5. The number of hydrogen-bond donors (Lipinski definition) is 1. The Labute approximate surface area is 158 Å². The number of benzene rings is 3. The molecule has 0 aromatic heterocycles. The van der Waals surface area contributed by atoms with Crippen LogP contribution in [0.4, 0.5) is 0 Å². The van der Waals surface area contributed by atoms with Gasteiger partial charge in [0.25, 0.3) is 0 Å². The monoisotopic (exact) mass is 345 g/mol. The smallest absolute Gasteiger partial charge is 0.0219 e. The van der Waals surface area contributed by atoms with Crippen molar-refractivity contribution < 1.29 is 0 Å². The summed E-state index contributed by atoms with van der Waals surface area (Å²) in [7, 11) is 0. The molecule has 0 heterocycles. The summed E-state index contributed by atoms with van der Waals surface area (Å²) in [5.41, 5.74) is 5.89. The van der Waals surface area contributed by atoms with Crippen LogP contribution in [-0.2, 0) is 19.4 Å². The molecular weight excluding hydrogens is 314 g/mol. The second-order valence-electron chi connectivity index (χ2n) is 8.23. The normalized spacial score (nSPS) is 11.8. The highest BCUT2D eigenvalue weighted by Crippen LogP contribution is 2.29. The lowest BCUT2D eigenvalue weighted by Crippen LogP contribution is -2.35. The van der Waals surface area contributed by atoms with E-state index in [0.29, 0.717) is 0 Å². The Balaban J connectivity index is 2.09. The van der Waals surface area contributed by atoms with Crippen LogP contribution in [0, 0.1) is 0 Å². The molecule has 0 spiro atoms. The van der Waals surface area contributed by atoms with Crippen LogP contribution < -0.4 is 5.32 Å². The lowest BCUT2D eigenvalue weighted by molar-refractivity contribution is 0.424. The molecular formula is C25H31N. The predicted octanol–water partition coefficient (Wildman–Crippen LogP) is 6.27. The molecule has 0 saturated heterocycles. The fourth-order valence-corrected chi connectivity index (χ4v) is 3.59. The van der Waals surface area contributed by atoms with E-state index in [9.17, 15) is 0 Å². The standard InChI is InChI=1S/C25H31N/c1-5-11-20-17-21(16-19-12-7-6-8-13-19)22-14-9-10-15-23(22)24(20)18-26-25(2,3)4/h6-10,12-15,17,26H,5,11,16,18H2,1-4H3. The molecule has 3 rings (SSSR count). The van der Waals surface area contributed by atoms with Crippen molar-refractivity contribution in [1.29, 1.82) is 0 Å². The number of hydrogen-bond acceptors (Lipinski definition) is 1. The van der Waals surface area contributed by atoms with Gasteiger partial charge in [-0.3, -0.25) is 0 Å². The van der Waals surface area contributed by atoms with Gasteiger partial charge in [-0.2, -0.15) is 0 Å². The highest BCUT2D eigenvalue weighted by molar-refractivity contribution is 5.90. The molecule has 0 saturated carbocycles. The second-order valence-corrected chi connectivity index (χ2v) is 8.23. The molecule has 0 unspecified atom stereocenters. The Morgan fingerprint density at radius 3 is 2.12 bits per heavy atom. The number of aryl methyl sites for hydroxylation is 1. The summed E-state index contributed by atoms with van der Waals surface area (Å²) in [5, 5.41) is 6.49. The van der Waals surface area contributed by atoms with Crippen LogP contribution in [-0.4, -0.2) is 5.54 Å². The highest BCUT2D eigenvalue weighted by Gasteiger charge is 2.15. The van der Waals surface area contributed by atoms with Crippen LogP contribution in [0.15, 0.2) is 60.7 Å². The Kier molecular flexibility index (Phi) is 5.78. The first-order valence-electron chi connectivity index (χ1n) is 9.79. The van der Waals surface area contributed by atoms with Crippen LogP contribution >= 0.6 is 0 Å². The van der Waals surface area contributed by atoms with Crippen molar-refractivity contribution in [2.45, 2.75) is 59.0 Å². The Hall–Kier alpha value is -2.12. The van der Waals surface area contributed by atoms with Gasteiger partial charge in [-0.15, -0.1) is 0 Å². The van der Waals surface area contributed by atoms with E-state index in [4.69, 9.17) is 0 Å². The predicted molar refractivity (Wildman–Crippen MR) is 114 cm³/mol. The van der Waals surface area contributed by atoms with Gasteiger partial charge in [0.05, 0.1) is 0 Å². The van der Waals surface area contributed by atoms with Crippen LogP contribution in [0.1, 0.15) is 56.4 Å². The van der Waals surface area contributed by atoms with Gasteiger partial charge in [-0.05, 0) is 66.6 Å². The maximum absolute atomic E-state index is 3.70. The lowest BCUT2D eigenvalue weighted by Gasteiger charge is -2.23. The first kappa shape index (κ1) is 18.7. The average Bonchev–Trinajstić information content (AvgIpc) is 2.61. The summed E-state index contributed by atoms with van der Waals surface area (Å²) < 4.78 is 0. The molecule has 0 atom stereocenters. The largest absolute Gasteiger partial charge is 0.308 e. The molecule has 3 aromatic carbocycles. The molecule has 0 aliphatic carbocycles. The molecule has 1 nitrogen and oxygen atoms in total. The number of fused-ring (bicyclic) bond motifs is 1. The molecule has 1 heteroatoms. The van der Waals surface area contributed by atoms with Gasteiger partial charge in [0.2, 0.25) is 0 Å². The van der Waals surface area contributed by atoms with E-state index in [2.05, 4.69) is 93.7 Å². The minimum Gasteiger partial charge on any atom is -0.308 e. The van der Waals surface area contributed by atoms with E-state index in [1.807, 2.05) is 0 Å². The molecule has 26 heavy (non-hydrogen) atoms. The van der Waals surface area contributed by atoms with E-state index in [1.165, 1.54) is 39.4 Å². The van der Waals surface area contributed by atoms with E-state index in [1.54, 1.807) is 0 Å². The van der Waals surface area contributed by atoms with Gasteiger partial charge >= 0.3 is 0 Å². The van der Waals surface area contributed by atoms with Crippen LogP contribution in [0.2, 0.25) is 0 Å². The van der Waals surface area contributed by atoms with Crippen LogP contribution in [0.3, 0.4) is 0 Å². The summed E-state index contributed by atoms with van der Waals surface area (Å²) in [6, 6.07) is 22.2. The van der Waals surface area contributed by atoms with Gasteiger partial charge < -0.3 is 5.32 Å². The summed E-state index contributed by atoms with van der Waals surface area (Å²) in [6.45, 7) is 9.90. The quantitative estimate of drug-likeness (QED) is 0.555. The zero-order valence-electron chi connectivity index (χ0n) is 16.6. The average molecular weight is 346 g/mol. The Morgan fingerprint density at radius 1 is 0.808 bits per heavy atom. The number of rotatable bonds is 6. The molecule has 136 valence electrons. The van der Waals surface area contributed by atoms with Gasteiger partial charge in [0.15, 0.2) is 0 Å². The van der Waals surface area contributed by atoms with Crippen molar-refractivity contribution in [3.8, 4) is 0 Å². The number of nitrogens with one attached hydrogen (secondary N) is 1. The molecule has 1 N–H and O–H groups in total. The van der Waals surface area contributed by atoms with Gasteiger partial charge in [-0.1, -0.05) is 74.0 Å². The van der Waals surface area contributed by atoms with Crippen molar-refractivity contribution >= 4 is 10.8 Å². The topological polar surface area (TPSA) is 12.0 Å². The fourth-order valence-electron chi connectivity index (χ4n) is 3.59. The molecule has 3 aromatic rings. The van der Waals surface area contributed by atoms with E-state index >= 15 is 0 Å². The van der Waals surface area contributed by atoms with Gasteiger partial charge in [0.1, 0.15) is 0 Å². The summed E-state index contributed by atoms with van der Waals surface area (Å²) in [5.74, 6) is 0. The molecule has 0 radical (unpaired) electrons. The molecule has 0 fully saturated rings. The fraction of sp³-hybridized carbons (Fsp3) is 0.360. The summed E-state index contributed by atoms with van der Waals surface area (Å²) in [6.07, 6.45) is 3.30. The third-order valence-corrected chi connectivity index (χ3v) is 4.89. The molecule has 0 bridgehead atoms. The van der Waals surface area contributed by atoms with Crippen molar-refractivity contribution in [1.82, 2.24) is 5.32 Å². The summed E-state index contributed by atoms with van der Waals surface area (Å²) >= 11 is 0. The second kappa shape index (κ2) is 8.05. The zero-order valence-corrected chi connectivity index (χ0v) is 16.6. The summed E-state index contributed by atoms with van der Waals surface area (Å²) in [4.78, 5) is 0. The lowest BCUT2D eigenvalue weighted by atomic mass is 9.89. The van der Waals surface area contributed by atoms with Crippen molar-refractivity contribution in [2.24, 2.45) is 0 Å². The molecule has 0 aliphatic rings. The SMILES string of the molecule is CCCc1cc(Cc2ccccc2)c2ccccc2c1CNC(C)(C)C. The molecule has 0 aliphatic heterocycles. The minimum atomic E-state index is 0.118. The molecule has 0 amide bonds. The maximum Gasteiger partial charge on any atom is 0.0219 e. The third-order valence-electron chi connectivity index (χ3n) is 4.89. The van der Waals surface area contributed by atoms with Crippen molar-refractivity contribution in [3.63, 3.8) is 0 Å². The van der Waals surface area contributed by atoms with Crippen molar-refractivity contribution in [2.75, 3.05) is 0 Å².